The lowest BCUT2D eigenvalue weighted by atomic mass is 10.1. The molecule has 0 bridgehead atoms. The van der Waals surface area contributed by atoms with Gasteiger partial charge in [-0.15, -0.1) is 0 Å². The van der Waals surface area contributed by atoms with E-state index >= 15 is 0 Å². The summed E-state index contributed by atoms with van der Waals surface area (Å²) in [6.07, 6.45) is 9.02. The molecule has 0 radical (unpaired) electrons. The Morgan fingerprint density at radius 3 is 2.67 bits per heavy atom. The van der Waals surface area contributed by atoms with Gasteiger partial charge >= 0.3 is 0 Å². The van der Waals surface area contributed by atoms with Crippen molar-refractivity contribution < 1.29 is 4.79 Å². The van der Waals surface area contributed by atoms with Crippen molar-refractivity contribution in [2.75, 3.05) is 18.0 Å². The maximum absolute atomic E-state index is 12.4. The van der Waals surface area contributed by atoms with Crippen molar-refractivity contribution in [1.29, 1.82) is 0 Å². The van der Waals surface area contributed by atoms with Gasteiger partial charge in [0.25, 0.3) is 5.91 Å². The highest BCUT2D eigenvalue weighted by Crippen LogP contribution is 2.33. The molecule has 1 aromatic rings. The Bertz CT molecular complexity index is 764. The lowest BCUT2D eigenvalue weighted by Crippen LogP contribution is -2.28. The molecule has 24 heavy (non-hydrogen) atoms. The molecule has 5 heteroatoms. The average Bonchev–Trinajstić information content (AvgIpc) is 2.87. The molecule has 3 rings (SSSR count). The third-order valence-corrected chi connectivity index (χ3v) is 5.41. The molecule has 1 amide bonds. The summed E-state index contributed by atoms with van der Waals surface area (Å²) < 4.78 is 0.656. The third-order valence-electron chi connectivity index (χ3n) is 4.02. The zero-order valence-corrected chi connectivity index (χ0v) is 15.5. The second-order valence-corrected chi connectivity index (χ2v) is 7.26. The van der Waals surface area contributed by atoms with Crippen LogP contribution in [0.1, 0.15) is 25.8 Å². The van der Waals surface area contributed by atoms with Crippen molar-refractivity contribution in [3.63, 3.8) is 0 Å². The standard InChI is InChI=1S/C19H20N2OS2/c1-3-13-21-18(22)17(24-19(21)23)12-11-15-10-9-14-7-5-6-8-16(14)20(15)4-2/h5-12H,3-4,13H2,1-2H3. The fourth-order valence-electron chi connectivity index (χ4n) is 2.87. The molecule has 1 fully saturated rings. The van der Waals surface area contributed by atoms with Crippen LogP contribution in [-0.2, 0) is 4.79 Å². The Kier molecular flexibility index (Phi) is 5.21. The number of fused-ring (bicyclic) bond motifs is 1. The molecule has 3 nitrogen and oxygen atoms in total. The first-order valence-electron chi connectivity index (χ1n) is 8.16. The van der Waals surface area contributed by atoms with Crippen LogP contribution in [0.5, 0.6) is 0 Å². The van der Waals surface area contributed by atoms with E-state index in [-0.39, 0.29) is 5.91 Å². The molecule has 2 heterocycles. The van der Waals surface area contributed by atoms with Crippen LogP contribution in [-0.4, -0.2) is 28.2 Å². The quantitative estimate of drug-likeness (QED) is 0.582. The van der Waals surface area contributed by atoms with Gasteiger partial charge in [-0.05, 0) is 43.2 Å². The second kappa shape index (κ2) is 7.36. The van der Waals surface area contributed by atoms with E-state index in [4.69, 9.17) is 12.2 Å². The highest BCUT2D eigenvalue weighted by atomic mass is 32.2. The SMILES string of the molecule is CCCN1C(=O)C(=CC=C2C=Cc3ccccc3N2CC)SC1=S. The summed E-state index contributed by atoms with van der Waals surface area (Å²) in [7, 11) is 0. The number of benzene rings is 1. The van der Waals surface area contributed by atoms with Gasteiger partial charge in [0.2, 0.25) is 0 Å². The van der Waals surface area contributed by atoms with Crippen molar-refractivity contribution in [3.05, 3.63) is 58.7 Å². The van der Waals surface area contributed by atoms with E-state index in [1.54, 1.807) is 4.90 Å². The summed E-state index contributed by atoms with van der Waals surface area (Å²) in [5, 5.41) is 0. The highest BCUT2D eigenvalue weighted by molar-refractivity contribution is 8.26. The molecule has 0 spiro atoms. The van der Waals surface area contributed by atoms with Crippen molar-refractivity contribution >= 4 is 46.0 Å². The highest BCUT2D eigenvalue weighted by Gasteiger charge is 2.30. The molecule has 0 unspecified atom stereocenters. The minimum Gasteiger partial charge on any atom is -0.341 e. The van der Waals surface area contributed by atoms with Crippen LogP contribution in [0.15, 0.2) is 53.1 Å². The summed E-state index contributed by atoms with van der Waals surface area (Å²) in [4.78, 5) is 17.1. The number of hydrogen-bond acceptors (Lipinski definition) is 4. The van der Waals surface area contributed by atoms with Gasteiger partial charge in [0.05, 0.1) is 4.91 Å². The van der Waals surface area contributed by atoms with Gasteiger partial charge in [0.1, 0.15) is 4.32 Å². The molecular weight excluding hydrogens is 336 g/mol. The van der Waals surface area contributed by atoms with E-state index in [2.05, 4.69) is 36.1 Å². The number of rotatable bonds is 4. The summed E-state index contributed by atoms with van der Waals surface area (Å²) in [6, 6.07) is 8.33. The number of likely N-dealkylation sites (N-methyl/N-ethyl adjacent to an activating group) is 1. The fourth-order valence-corrected chi connectivity index (χ4v) is 4.12. The summed E-state index contributed by atoms with van der Waals surface area (Å²) in [5.74, 6) is 0.0203. The third kappa shape index (κ3) is 3.19. The Morgan fingerprint density at radius 1 is 1.12 bits per heavy atom. The number of carbonyl (C=O) groups is 1. The van der Waals surface area contributed by atoms with E-state index in [9.17, 15) is 4.79 Å². The van der Waals surface area contributed by atoms with Gasteiger partial charge in [-0.25, -0.2) is 0 Å². The maximum Gasteiger partial charge on any atom is 0.266 e. The monoisotopic (exact) mass is 356 g/mol. The van der Waals surface area contributed by atoms with Gasteiger partial charge in [-0.3, -0.25) is 9.69 Å². The van der Waals surface area contributed by atoms with Gasteiger partial charge in [0, 0.05) is 24.5 Å². The first kappa shape index (κ1) is 17.0. The molecule has 1 aromatic carbocycles. The number of amides is 1. The number of nitrogens with zero attached hydrogens (tertiary/aromatic N) is 2. The number of para-hydroxylation sites is 1. The largest absolute Gasteiger partial charge is 0.341 e. The topological polar surface area (TPSA) is 23.6 Å². The smallest absolute Gasteiger partial charge is 0.266 e. The second-order valence-electron chi connectivity index (χ2n) is 5.58. The fraction of sp³-hybridized carbons (Fsp3) is 0.263. The zero-order valence-electron chi connectivity index (χ0n) is 13.9. The molecule has 0 aromatic heterocycles. The van der Waals surface area contributed by atoms with Crippen LogP contribution in [0.2, 0.25) is 0 Å². The van der Waals surface area contributed by atoms with Gasteiger partial charge < -0.3 is 4.90 Å². The number of thiocarbonyl (C=S) groups is 1. The van der Waals surface area contributed by atoms with Gasteiger partial charge in [-0.1, -0.05) is 55.2 Å². The first-order chi connectivity index (χ1) is 11.7. The summed E-state index contributed by atoms with van der Waals surface area (Å²) >= 11 is 6.70. The molecule has 0 saturated carbocycles. The van der Waals surface area contributed by atoms with E-state index in [1.807, 2.05) is 31.2 Å². The Hall–Kier alpha value is -1.85. The molecule has 1 saturated heterocycles. The predicted molar refractivity (Wildman–Crippen MR) is 107 cm³/mol. The zero-order chi connectivity index (χ0) is 17.1. The first-order valence-corrected chi connectivity index (χ1v) is 9.38. The van der Waals surface area contributed by atoms with Gasteiger partial charge in [-0.2, -0.15) is 0 Å². The van der Waals surface area contributed by atoms with E-state index in [1.165, 1.54) is 23.0 Å². The number of allylic oxidation sites excluding steroid dienone is 3. The van der Waals surface area contributed by atoms with Crippen molar-refractivity contribution in [2.45, 2.75) is 20.3 Å². The van der Waals surface area contributed by atoms with Crippen molar-refractivity contribution in [1.82, 2.24) is 4.90 Å². The molecule has 2 aliphatic heterocycles. The van der Waals surface area contributed by atoms with Gasteiger partial charge in [0.15, 0.2) is 0 Å². The Balaban J connectivity index is 1.87. The van der Waals surface area contributed by atoms with Crippen LogP contribution >= 0.6 is 24.0 Å². The normalized spacial score (nSPS) is 20.4. The lowest BCUT2D eigenvalue weighted by molar-refractivity contribution is -0.122. The predicted octanol–water partition coefficient (Wildman–Crippen LogP) is 4.58. The Morgan fingerprint density at radius 2 is 1.92 bits per heavy atom. The molecule has 2 aliphatic rings. The van der Waals surface area contributed by atoms with Crippen LogP contribution < -0.4 is 4.90 Å². The Labute approximate surface area is 152 Å². The summed E-state index contributed by atoms with van der Waals surface area (Å²) in [6.45, 7) is 5.74. The van der Waals surface area contributed by atoms with Crippen LogP contribution in [0, 0.1) is 0 Å². The van der Waals surface area contributed by atoms with Crippen LogP contribution in [0.3, 0.4) is 0 Å². The number of thioether (sulfide) groups is 1. The van der Waals surface area contributed by atoms with Crippen LogP contribution in [0.25, 0.3) is 6.08 Å². The minimum absolute atomic E-state index is 0.0203. The lowest BCUT2D eigenvalue weighted by Gasteiger charge is -2.29. The maximum atomic E-state index is 12.4. The molecule has 0 aliphatic carbocycles. The average molecular weight is 357 g/mol. The minimum atomic E-state index is 0.0203. The molecular formula is C19H20N2OS2. The van der Waals surface area contributed by atoms with Crippen LogP contribution in [0.4, 0.5) is 5.69 Å². The summed E-state index contributed by atoms with van der Waals surface area (Å²) in [5.41, 5.74) is 3.49. The number of hydrogen-bond donors (Lipinski definition) is 0. The number of anilines is 1. The molecule has 0 N–H and O–H groups in total. The van der Waals surface area contributed by atoms with E-state index in [0.717, 1.165) is 18.7 Å². The van der Waals surface area contributed by atoms with Crippen molar-refractivity contribution in [2.24, 2.45) is 0 Å². The van der Waals surface area contributed by atoms with E-state index in [0.29, 0.717) is 15.8 Å². The number of carbonyl (C=O) groups excluding carboxylic acids is 1. The van der Waals surface area contributed by atoms with Crippen molar-refractivity contribution in [3.8, 4) is 0 Å². The van der Waals surface area contributed by atoms with E-state index < -0.39 is 0 Å². The molecule has 124 valence electrons. The molecule has 0 atom stereocenters.